The van der Waals surface area contributed by atoms with Crippen molar-refractivity contribution >= 4 is 34.5 Å². The van der Waals surface area contributed by atoms with Crippen LogP contribution in [-0.4, -0.2) is 21.2 Å². The fourth-order valence-corrected chi connectivity index (χ4v) is 3.83. The molecule has 0 fully saturated rings. The van der Waals surface area contributed by atoms with E-state index in [9.17, 15) is 4.79 Å². The number of hydrogen-bond acceptors (Lipinski definition) is 5. The van der Waals surface area contributed by atoms with Crippen LogP contribution in [0.25, 0.3) is 23.2 Å². The molecule has 6 heteroatoms. The van der Waals surface area contributed by atoms with E-state index < -0.39 is 0 Å². The van der Waals surface area contributed by atoms with Crippen molar-refractivity contribution in [3.05, 3.63) is 85.9 Å². The largest absolute Gasteiger partial charge is 0.494 e. The summed E-state index contributed by atoms with van der Waals surface area (Å²) in [5.41, 5.74) is 3.07. The predicted molar refractivity (Wildman–Crippen MR) is 123 cm³/mol. The number of benzene rings is 2. The SMILES string of the molecule is CCCCOc1ccc(C=c2sc3nc(C=Cc4ccc(C)cc4)nn3c2=O)cc1. The van der Waals surface area contributed by atoms with Crippen LogP contribution in [-0.2, 0) is 0 Å². The molecule has 4 rings (SSSR count). The molecule has 2 aromatic heterocycles. The molecule has 4 aromatic rings. The zero-order valence-corrected chi connectivity index (χ0v) is 17.9. The Morgan fingerprint density at radius 2 is 1.77 bits per heavy atom. The zero-order valence-electron chi connectivity index (χ0n) is 17.0. The first kappa shape index (κ1) is 20.0. The van der Waals surface area contributed by atoms with Crippen molar-refractivity contribution in [3.8, 4) is 5.75 Å². The summed E-state index contributed by atoms with van der Waals surface area (Å²) >= 11 is 1.34. The van der Waals surface area contributed by atoms with Gasteiger partial charge in [0.25, 0.3) is 5.56 Å². The smallest absolute Gasteiger partial charge is 0.291 e. The van der Waals surface area contributed by atoms with Crippen LogP contribution in [0.1, 0.15) is 42.3 Å². The lowest BCUT2D eigenvalue weighted by Gasteiger charge is -2.04. The van der Waals surface area contributed by atoms with Gasteiger partial charge in [0.15, 0.2) is 5.82 Å². The van der Waals surface area contributed by atoms with Gasteiger partial charge in [-0.25, -0.2) is 0 Å². The maximum absolute atomic E-state index is 12.7. The average Bonchev–Trinajstić information content (AvgIpc) is 3.28. The molecule has 0 aliphatic rings. The van der Waals surface area contributed by atoms with Crippen LogP contribution >= 0.6 is 11.3 Å². The predicted octanol–water partition coefficient (Wildman–Crippen LogP) is 4.36. The lowest BCUT2D eigenvalue weighted by Crippen LogP contribution is -2.23. The molecule has 152 valence electrons. The van der Waals surface area contributed by atoms with Crippen LogP contribution < -0.4 is 14.8 Å². The van der Waals surface area contributed by atoms with Crippen LogP contribution in [0.15, 0.2) is 53.3 Å². The number of unbranched alkanes of at least 4 members (excludes halogenated alkanes) is 1. The van der Waals surface area contributed by atoms with E-state index >= 15 is 0 Å². The van der Waals surface area contributed by atoms with Crippen LogP contribution in [0, 0.1) is 6.92 Å². The van der Waals surface area contributed by atoms with E-state index in [-0.39, 0.29) is 5.56 Å². The summed E-state index contributed by atoms with van der Waals surface area (Å²) in [5, 5.41) is 4.34. The van der Waals surface area contributed by atoms with E-state index in [1.165, 1.54) is 21.4 Å². The minimum atomic E-state index is -0.152. The van der Waals surface area contributed by atoms with E-state index in [2.05, 4.69) is 36.1 Å². The fraction of sp³-hybridized carbons (Fsp3) is 0.208. The third kappa shape index (κ3) is 4.66. The summed E-state index contributed by atoms with van der Waals surface area (Å²) in [7, 11) is 0. The van der Waals surface area contributed by atoms with Crippen molar-refractivity contribution in [2.24, 2.45) is 0 Å². The molecule has 0 N–H and O–H groups in total. The third-order valence-corrected chi connectivity index (χ3v) is 5.60. The maximum atomic E-state index is 12.7. The summed E-state index contributed by atoms with van der Waals surface area (Å²) < 4.78 is 7.66. The van der Waals surface area contributed by atoms with Gasteiger partial charge in [0.2, 0.25) is 4.96 Å². The molecule has 0 bridgehead atoms. The number of thiazole rings is 1. The third-order valence-electron chi connectivity index (χ3n) is 4.64. The summed E-state index contributed by atoms with van der Waals surface area (Å²) in [6.07, 6.45) is 7.78. The van der Waals surface area contributed by atoms with Crippen molar-refractivity contribution in [2.45, 2.75) is 26.7 Å². The molecule has 5 nitrogen and oxygen atoms in total. The minimum absolute atomic E-state index is 0.152. The van der Waals surface area contributed by atoms with Gasteiger partial charge in [0, 0.05) is 0 Å². The van der Waals surface area contributed by atoms with Gasteiger partial charge in [-0.2, -0.15) is 9.50 Å². The van der Waals surface area contributed by atoms with Crippen LogP contribution in [0.5, 0.6) is 5.75 Å². The van der Waals surface area contributed by atoms with Gasteiger partial charge in [-0.1, -0.05) is 72.7 Å². The Hall–Kier alpha value is -3.25. The number of hydrogen-bond donors (Lipinski definition) is 0. The average molecular weight is 418 g/mol. The molecule has 0 atom stereocenters. The molecule has 0 radical (unpaired) electrons. The van der Waals surface area contributed by atoms with E-state index in [0.29, 0.717) is 15.3 Å². The molecular weight excluding hydrogens is 394 g/mol. The monoisotopic (exact) mass is 417 g/mol. The molecule has 0 saturated heterocycles. The Kier molecular flexibility index (Phi) is 6.05. The van der Waals surface area contributed by atoms with Crippen LogP contribution in [0.2, 0.25) is 0 Å². The normalized spacial score (nSPS) is 12.3. The number of fused-ring (bicyclic) bond motifs is 1. The second-order valence-corrected chi connectivity index (χ2v) is 8.10. The second kappa shape index (κ2) is 9.05. The second-order valence-electron chi connectivity index (χ2n) is 7.10. The van der Waals surface area contributed by atoms with Gasteiger partial charge >= 0.3 is 0 Å². The van der Waals surface area contributed by atoms with Crippen molar-refractivity contribution in [1.82, 2.24) is 14.6 Å². The summed E-state index contributed by atoms with van der Waals surface area (Å²) in [6.45, 7) is 4.91. The van der Waals surface area contributed by atoms with Crippen molar-refractivity contribution in [1.29, 1.82) is 0 Å². The highest BCUT2D eigenvalue weighted by molar-refractivity contribution is 7.15. The molecule has 0 aliphatic carbocycles. The summed E-state index contributed by atoms with van der Waals surface area (Å²) in [6, 6.07) is 15.9. The lowest BCUT2D eigenvalue weighted by atomic mass is 10.1. The molecular formula is C24H23N3O2S. The summed E-state index contributed by atoms with van der Waals surface area (Å²) in [5.74, 6) is 1.37. The number of nitrogens with zero attached hydrogens (tertiary/aromatic N) is 3. The zero-order chi connectivity index (χ0) is 20.9. The molecule has 0 unspecified atom stereocenters. The Morgan fingerprint density at radius 3 is 2.47 bits per heavy atom. The lowest BCUT2D eigenvalue weighted by molar-refractivity contribution is 0.309. The Morgan fingerprint density at radius 1 is 1.03 bits per heavy atom. The first-order valence-corrected chi connectivity index (χ1v) is 10.8. The van der Waals surface area contributed by atoms with Crippen molar-refractivity contribution in [3.63, 3.8) is 0 Å². The summed E-state index contributed by atoms with van der Waals surface area (Å²) in [4.78, 5) is 17.7. The number of ether oxygens (including phenoxy) is 1. The van der Waals surface area contributed by atoms with Gasteiger partial charge < -0.3 is 4.74 Å². The Labute approximate surface area is 179 Å². The fourth-order valence-electron chi connectivity index (χ4n) is 2.91. The topological polar surface area (TPSA) is 56.5 Å². The highest BCUT2D eigenvalue weighted by Crippen LogP contribution is 2.14. The highest BCUT2D eigenvalue weighted by Gasteiger charge is 2.08. The van der Waals surface area contributed by atoms with Crippen molar-refractivity contribution < 1.29 is 4.74 Å². The number of aryl methyl sites for hydroxylation is 1. The molecule has 0 amide bonds. The molecule has 2 aromatic carbocycles. The maximum Gasteiger partial charge on any atom is 0.291 e. The van der Waals surface area contributed by atoms with Gasteiger partial charge in [-0.05, 0) is 48.8 Å². The minimum Gasteiger partial charge on any atom is -0.494 e. The highest BCUT2D eigenvalue weighted by atomic mass is 32.1. The number of rotatable bonds is 7. The van der Waals surface area contributed by atoms with E-state index in [4.69, 9.17) is 4.74 Å². The first-order valence-electron chi connectivity index (χ1n) is 10.0. The van der Waals surface area contributed by atoms with Gasteiger partial charge in [0.1, 0.15) is 5.75 Å². The van der Waals surface area contributed by atoms with E-state index in [0.717, 1.165) is 36.3 Å². The Balaban J connectivity index is 1.53. The van der Waals surface area contributed by atoms with E-state index in [1.807, 2.05) is 54.6 Å². The molecule has 30 heavy (non-hydrogen) atoms. The first-order chi connectivity index (χ1) is 14.6. The molecule has 0 spiro atoms. The molecule has 0 saturated carbocycles. The van der Waals surface area contributed by atoms with E-state index in [1.54, 1.807) is 0 Å². The van der Waals surface area contributed by atoms with Crippen LogP contribution in [0.3, 0.4) is 0 Å². The molecule has 2 heterocycles. The Bertz CT molecular complexity index is 1270. The van der Waals surface area contributed by atoms with Crippen molar-refractivity contribution in [2.75, 3.05) is 6.61 Å². The van der Waals surface area contributed by atoms with Gasteiger partial charge in [0.05, 0.1) is 11.1 Å². The van der Waals surface area contributed by atoms with Gasteiger partial charge in [-0.15, -0.1) is 5.10 Å². The number of aromatic nitrogens is 3. The van der Waals surface area contributed by atoms with Gasteiger partial charge in [-0.3, -0.25) is 4.79 Å². The molecule has 0 aliphatic heterocycles. The quantitative estimate of drug-likeness (QED) is 0.419. The van der Waals surface area contributed by atoms with Crippen LogP contribution in [0.4, 0.5) is 0 Å². The standard InChI is InChI=1S/C24H23N3O2S/c1-3-4-15-29-20-12-9-19(10-13-20)16-21-23(28)27-24(30-21)25-22(26-27)14-11-18-7-5-17(2)6-8-18/h5-14,16H,3-4,15H2,1-2H3.